The Labute approximate surface area is 176 Å². The maximum atomic E-state index is 14.2. The lowest BCUT2D eigenvalue weighted by molar-refractivity contribution is -0.115. The molecule has 1 amide bonds. The Hall–Kier alpha value is -2.33. The van der Waals surface area contributed by atoms with E-state index < -0.39 is 5.82 Å². The van der Waals surface area contributed by atoms with Gasteiger partial charge < -0.3 is 0 Å². The summed E-state index contributed by atoms with van der Waals surface area (Å²) in [6, 6.07) is 6.56. The molecule has 1 fully saturated rings. The van der Waals surface area contributed by atoms with Gasteiger partial charge in [0.2, 0.25) is 11.1 Å². The van der Waals surface area contributed by atoms with Crippen molar-refractivity contribution in [2.24, 2.45) is 0 Å². The van der Waals surface area contributed by atoms with Crippen LogP contribution in [0.25, 0.3) is 0 Å². The number of amides is 1. The molecular formula is C19H21FN6OS2. The molecule has 1 aliphatic carbocycles. The normalized spacial score (nSPS) is 14.8. The first-order chi connectivity index (χ1) is 14.1. The molecule has 29 heavy (non-hydrogen) atoms. The molecule has 0 N–H and O–H groups in total. The average Bonchev–Trinajstić information content (AvgIpc) is 3.38. The number of thiazole rings is 1. The van der Waals surface area contributed by atoms with Crippen LogP contribution >= 0.6 is 23.1 Å². The van der Waals surface area contributed by atoms with Gasteiger partial charge in [-0.05, 0) is 35.4 Å². The molecule has 0 unspecified atom stereocenters. The minimum absolute atomic E-state index is 0.204. The number of hydrogen-bond acceptors (Lipinski definition) is 7. The van der Waals surface area contributed by atoms with Crippen molar-refractivity contribution in [3.05, 3.63) is 41.2 Å². The minimum atomic E-state index is -0.458. The molecular weight excluding hydrogens is 411 g/mol. The van der Waals surface area contributed by atoms with Crippen molar-refractivity contribution in [1.29, 1.82) is 0 Å². The summed E-state index contributed by atoms with van der Waals surface area (Å²) < 4.78 is 16.1. The van der Waals surface area contributed by atoms with E-state index in [1.807, 2.05) is 10.1 Å². The van der Waals surface area contributed by atoms with Gasteiger partial charge in [-0.3, -0.25) is 9.69 Å². The van der Waals surface area contributed by atoms with Gasteiger partial charge in [0.25, 0.3) is 0 Å². The highest BCUT2D eigenvalue weighted by atomic mass is 32.2. The fraction of sp³-hybridized carbons (Fsp3) is 0.421. The third-order valence-electron chi connectivity index (χ3n) is 4.87. The molecule has 4 rings (SSSR count). The number of aromatic nitrogens is 5. The highest BCUT2D eigenvalue weighted by molar-refractivity contribution is 7.98. The monoisotopic (exact) mass is 432 g/mol. The first-order valence-corrected chi connectivity index (χ1v) is 11.4. The van der Waals surface area contributed by atoms with Crippen LogP contribution in [0.4, 0.5) is 15.2 Å². The number of hydrogen-bond donors (Lipinski definition) is 0. The van der Waals surface area contributed by atoms with E-state index in [0.29, 0.717) is 16.9 Å². The molecule has 10 heteroatoms. The van der Waals surface area contributed by atoms with Gasteiger partial charge in [-0.1, -0.05) is 43.2 Å². The minimum Gasteiger partial charge on any atom is -0.274 e. The zero-order chi connectivity index (χ0) is 20.2. The molecule has 0 saturated heterocycles. The fourth-order valence-electron chi connectivity index (χ4n) is 3.48. The van der Waals surface area contributed by atoms with Crippen LogP contribution in [0.15, 0.2) is 34.8 Å². The molecule has 152 valence electrons. The first kappa shape index (κ1) is 20.0. The van der Waals surface area contributed by atoms with Crippen LogP contribution in [0, 0.1) is 5.82 Å². The van der Waals surface area contributed by atoms with Gasteiger partial charge in [0, 0.05) is 18.1 Å². The maximum Gasteiger partial charge on any atom is 0.230 e. The van der Waals surface area contributed by atoms with Gasteiger partial charge in [-0.15, -0.1) is 16.4 Å². The topological polar surface area (TPSA) is 76.8 Å². The molecule has 3 aromatic rings. The molecule has 0 radical (unpaired) electrons. The molecule has 0 bridgehead atoms. The second kappa shape index (κ2) is 9.00. The summed E-state index contributed by atoms with van der Waals surface area (Å²) in [5, 5.41) is 15.3. The van der Waals surface area contributed by atoms with Crippen LogP contribution in [0.3, 0.4) is 0 Å². The number of tetrazole rings is 1. The number of nitrogens with zero attached hydrogens (tertiary/aromatic N) is 6. The summed E-state index contributed by atoms with van der Waals surface area (Å²) in [5.41, 5.74) is 1.01. The molecule has 2 heterocycles. The van der Waals surface area contributed by atoms with Crippen molar-refractivity contribution in [2.45, 2.75) is 56.0 Å². The Morgan fingerprint density at radius 1 is 1.31 bits per heavy atom. The quantitative estimate of drug-likeness (QED) is 0.523. The van der Waals surface area contributed by atoms with Gasteiger partial charge in [0.05, 0.1) is 17.4 Å². The Morgan fingerprint density at radius 2 is 2.10 bits per heavy atom. The van der Waals surface area contributed by atoms with Crippen molar-refractivity contribution in [3.8, 4) is 0 Å². The zero-order valence-electron chi connectivity index (χ0n) is 16.0. The summed E-state index contributed by atoms with van der Waals surface area (Å²) in [4.78, 5) is 18.0. The zero-order valence-corrected chi connectivity index (χ0v) is 17.6. The number of carbonyl (C=O) groups excluding carboxylic acids is 1. The van der Waals surface area contributed by atoms with E-state index in [9.17, 15) is 9.18 Å². The second-order valence-corrected chi connectivity index (χ2v) is 8.69. The summed E-state index contributed by atoms with van der Waals surface area (Å²) in [7, 11) is 0. The molecule has 1 aromatic carbocycles. The predicted octanol–water partition coefficient (Wildman–Crippen LogP) is 4.75. The Kier molecular flexibility index (Phi) is 6.19. The lowest BCUT2D eigenvalue weighted by Gasteiger charge is -2.21. The van der Waals surface area contributed by atoms with Crippen LogP contribution < -0.4 is 4.90 Å². The number of thioether (sulfide) groups is 1. The summed E-state index contributed by atoms with van der Waals surface area (Å²) in [6.07, 6.45) is 5.91. The van der Waals surface area contributed by atoms with E-state index >= 15 is 0 Å². The van der Waals surface area contributed by atoms with E-state index in [4.69, 9.17) is 0 Å². The number of anilines is 2. The summed E-state index contributed by atoms with van der Waals surface area (Å²) in [5.74, 6) is -0.169. The highest BCUT2D eigenvalue weighted by Crippen LogP contribution is 2.34. The van der Waals surface area contributed by atoms with E-state index in [-0.39, 0.29) is 11.6 Å². The Bertz CT molecular complexity index is 985. The maximum absolute atomic E-state index is 14.2. The van der Waals surface area contributed by atoms with E-state index in [1.54, 1.807) is 18.2 Å². The smallest absolute Gasteiger partial charge is 0.230 e. The van der Waals surface area contributed by atoms with Crippen molar-refractivity contribution in [2.75, 3.05) is 4.90 Å². The van der Waals surface area contributed by atoms with Crippen molar-refractivity contribution in [1.82, 2.24) is 25.2 Å². The van der Waals surface area contributed by atoms with Gasteiger partial charge in [0.15, 0.2) is 5.13 Å². The van der Waals surface area contributed by atoms with Crippen molar-refractivity contribution in [3.63, 3.8) is 0 Å². The number of rotatable bonds is 6. The third kappa shape index (κ3) is 4.48. The third-order valence-corrected chi connectivity index (χ3v) is 6.71. The SMILES string of the molecule is CC(=O)N(c1nc(CSc2nnnn2C2CCCCC2)cs1)c1ccccc1F. The van der Waals surface area contributed by atoms with Crippen LogP contribution in [0.1, 0.15) is 50.8 Å². The largest absolute Gasteiger partial charge is 0.274 e. The van der Waals surface area contributed by atoms with E-state index in [2.05, 4.69) is 20.5 Å². The Morgan fingerprint density at radius 3 is 2.86 bits per heavy atom. The van der Waals surface area contributed by atoms with Crippen LogP contribution in [-0.2, 0) is 10.5 Å². The van der Waals surface area contributed by atoms with Crippen molar-refractivity contribution >= 4 is 39.8 Å². The predicted molar refractivity (Wildman–Crippen MR) is 111 cm³/mol. The summed E-state index contributed by atoms with van der Waals surface area (Å²) >= 11 is 2.84. The highest BCUT2D eigenvalue weighted by Gasteiger charge is 2.22. The van der Waals surface area contributed by atoms with E-state index in [1.165, 1.54) is 60.3 Å². The second-order valence-electron chi connectivity index (χ2n) is 6.91. The van der Waals surface area contributed by atoms with Gasteiger partial charge >= 0.3 is 0 Å². The number of benzene rings is 1. The molecule has 2 aromatic heterocycles. The fourth-order valence-corrected chi connectivity index (χ4v) is 5.30. The average molecular weight is 433 g/mol. The summed E-state index contributed by atoms with van der Waals surface area (Å²) in [6.45, 7) is 1.40. The van der Waals surface area contributed by atoms with Gasteiger partial charge in [0.1, 0.15) is 5.82 Å². The van der Waals surface area contributed by atoms with Crippen LogP contribution in [0.2, 0.25) is 0 Å². The number of para-hydroxylation sites is 1. The molecule has 0 atom stereocenters. The Balaban J connectivity index is 1.48. The lowest BCUT2D eigenvalue weighted by Crippen LogP contribution is -2.23. The first-order valence-electron chi connectivity index (χ1n) is 9.54. The van der Waals surface area contributed by atoms with Gasteiger partial charge in [-0.2, -0.15) is 0 Å². The van der Waals surface area contributed by atoms with Crippen molar-refractivity contribution < 1.29 is 9.18 Å². The van der Waals surface area contributed by atoms with Crippen LogP contribution in [0.5, 0.6) is 0 Å². The van der Waals surface area contributed by atoms with E-state index in [0.717, 1.165) is 23.7 Å². The van der Waals surface area contributed by atoms with Crippen LogP contribution in [-0.4, -0.2) is 31.1 Å². The molecule has 1 aliphatic rings. The molecule has 1 saturated carbocycles. The van der Waals surface area contributed by atoms with Gasteiger partial charge in [-0.25, -0.2) is 14.1 Å². The molecule has 0 aliphatic heterocycles. The number of carbonyl (C=O) groups is 1. The lowest BCUT2D eigenvalue weighted by atomic mass is 9.96. The number of halogens is 1. The molecule has 0 spiro atoms. The molecule has 7 nitrogen and oxygen atoms in total. The standard InChI is InChI=1S/C19H21FN6OS2/c1-13(27)25(17-10-6-5-9-16(17)20)18-21-14(11-28-18)12-29-19-22-23-24-26(19)15-7-3-2-4-8-15/h5-6,9-11,15H,2-4,7-8,12H2,1H3.